The number of hydrogen-bond acceptors (Lipinski definition) is 2. The number of pyridine rings is 1. The van der Waals surface area contributed by atoms with Crippen molar-refractivity contribution in [3.63, 3.8) is 0 Å². The van der Waals surface area contributed by atoms with E-state index in [0.29, 0.717) is 22.2 Å². The SMILES string of the molecule is COc1ccc(Br)c2c(=O)c(C)c(-c3ccccc3)[nH]c12. The summed E-state index contributed by atoms with van der Waals surface area (Å²) in [6.45, 7) is 1.84. The molecule has 0 radical (unpaired) electrons. The number of rotatable bonds is 2. The average Bonchev–Trinajstić information content (AvgIpc) is 2.51. The molecule has 0 amide bonds. The van der Waals surface area contributed by atoms with Crippen molar-refractivity contribution >= 4 is 26.8 Å². The Bertz CT molecular complexity index is 869. The lowest BCUT2D eigenvalue weighted by Gasteiger charge is -2.12. The number of halogens is 1. The molecule has 1 heterocycles. The van der Waals surface area contributed by atoms with Crippen LogP contribution < -0.4 is 10.2 Å². The second-order valence-electron chi connectivity index (χ2n) is 4.82. The van der Waals surface area contributed by atoms with Crippen molar-refractivity contribution in [2.24, 2.45) is 0 Å². The third kappa shape index (κ3) is 2.25. The summed E-state index contributed by atoms with van der Waals surface area (Å²) in [5.74, 6) is 0.655. The van der Waals surface area contributed by atoms with Crippen molar-refractivity contribution in [3.05, 3.63) is 62.7 Å². The van der Waals surface area contributed by atoms with E-state index in [2.05, 4.69) is 20.9 Å². The van der Waals surface area contributed by atoms with E-state index in [1.54, 1.807) is 7.11 Å². The average molecular weight is 344 g/mol. The maximum absolute atomic E-state index is 12.7. The first-order valence-corrected chi connectivity index (χ1v) is 7.37. The third-order valence-corrected chi connectivity index (χ3v) is 4.25. The summed E-state index contributed by atoms with van der Waals surface area (Å²) >= 11 is 3.45. The molecule has 0 saturated heterocycles. The van der Waals surface area contributed by atoms with Gasteiger partial charge in [-0.3, -0.25) is 4.79 Å². The number of ether oxygens (including phenoxy) is 1. The van der Waals surface area contributed by atoms with Crippen molar-refractivity contribution in [3.8, 4) is 17.0 Å². The molecule has 0 atom stereocenters. The quantitative estimate of drug-likeness (QED) is 0.754. The second kappa shape index (κ2) is 5.37. The molecular weight excluding hydrogens is 330 g/mol. The summed E-state index contributed by atoms with van der Waals surface area (Å²) in [4.78, 5) is 16.1. The Hall–Kier alpha value is -2.07. The maximum Gasteiger partial charge on any atom is 0.194 e. The predicted octanol–water partition coefficient (Wildman–Crippen LogP) is 4.27. The lowest BCUT2D eigenvalue weighted by molar-refractivity contribution is 0.419. The van der Waals surface area contributed by atoms with E-state index in [4.69, 9.17) is 4.74 Å². The molecule has 0 aliphatic heterocycles. The fraction of sp³-hybridized carbons (Fsp3) is 0.118. The van der Waals surface area contributed by atoms with Crippen LogP contribution in [0.25, 0.3) is 22.2 Å². The highest BCUT2D eigenvalue weighted by Crippen LogP contribution is 2.31. The Labute approximate surface area is 130 Å². The number of nitrogens with one attached hydrogen (secondary N) is 1. The van der Waals surface area contributed by atoms with Crippen LogP contribution >= 0.6 is 15.9 Å². The van der Waals surface area contributed by atoms with Crippen LogP contribution in [0.3, 0.4) is 0 Å². The van der Waals surface area contributed by atoms with Crippen molar-refractivity contribution in [1.29, 1.82) is 0 Å². The standard InChI is InChI=1S/C17H14BrNO2/c1-10-15(11-6-4-3-5-7-11)19-16-13(21-2)9-8-12(18)14(16)17(10)20/h3-9H,1-2H3,(H,19,20). The molecule has 1 aromatic heterocycles. The van der Waals surface area contributed by atoms with Crippen LogP contribution in [0, 0.1) is 6.92 Å². The number of fused-ring (bicyclic) bond motifs is 1. The fourth-order valence-corrected chi connectivity index (χ4v) is 3.00. The van der Waals surface area contributed by atoms with E-state index in [9.17, 15) is 4.79 Å². The Balaban J connectivity index is 2.45. The van der Waals surface area contributed by atoms with Gasteiger partial charge in [0.05, 0.1) is 23.7 Å². The van der Waals surface area contributed by atoms with Gasteiger partial charge in [0.15, 0.2) is 5.43 Å². The molecule has 0 bridgehead atoms. The van der Waals surface area contributed by atoms with Gasteiger partial charge in [-0.1, -0.05) is 30.3 Å². The summed E-state index contributed by atoms with van der Waals surface area (Å²) < 4.78 is 6.14. The number of hydrogen-bond donors (Lipinski definition) is 1. The van der Waals surface area contributed by atoms with Gasteiger partial charge in [-0.2, -0.15) is 0 Å². The lowest BCUT2D eigenvalue weighted by Crippen LogP contribution is -2.10. The third-order valence-electron chi connectivity index (χ3n) is 3.59. The van der Waals surface area contributed by atoms with Crippen LogP contribution in [-0.4, -0.2) is 12.1 Å². The van der Waals surface area contributed by atoms with Crippen LogP contribution in [-0.2, 0) is 0 Å². The van der Waals surface area contributed by atoms with Gasteiger partial charge in [0, 0.05) is 10.0 Å². The minimum atomic E-state index is 0.00776. The second-order valence-corrected chi connectivity index (χ2v) is 5.67. The van der Waals surface area contributed by atoms with Gasteiger partial charge >= 0.3 is 0 Å². The molecule has 3 rings (SSSR count). The Morgan fingerprint density at radius 3 is 2.48 bits per heavy atom. The van der Waals surface area contributed by atoms with E-state index in [1.165, 1.54) is 0 Å². The van der Waals surface area contributed by atoms with E-state index in [-0.39, 0.29) is 5.43 Å². The molecule has 0 spiro atoms. The van der Waals surface area contributed by atoms with Crippen molar-refractivity contribution in [2.75, 3.05) is 7.11 Å². The molecule has 0 fully saturated rings. The van der Waals surface area contributed by atoms with Crippen LogP contribution in [0.15, 0.2) is 51.7 Å². The van der Waals surface area contributed by atoms with Crippen LogP contribution in [0.1, 0.15) is 5.56 Å². The van der Waals surface area contributed by atoms with Crippen molar-refractivity contribution < 1.29 is 4.74 Å². The number of benzene rings is 2. The molecule has 0 saturated carbocycles. The van der Waals surface area contributed by atoms with Gasteiger partial charge in [0.2, 0.25) is 0 Å². The van der Waals surface area contributed by atoms with Crippen molar-refractivity contribution in [1.82, 2.24) is 4.98 Å². The van der Waals surface area contributed by atoms with E-state index in [1.807, 2.05) is 49.4 Å². The molecule has 0 unspecified atom stereocenters. The molecule has 0 aliphatic rings. The first-order chi connectivity index (χ1) is 10.1. The van der Waals surface area contributed by atoms with Gasteiger partial charge < -0.3 is 9.72 Å². The van der Waals surface area contributed by atoms with E-state index in [0.717, 1.165) is 15.7 Å². The molecule has 3 nitrogen and oxygen atoms in total. The summed E-state index contributed by atoms with van der Waals surface area (Å²) in [5, 5.41) is 0.617. The minimum absolute atomic E-state index is 0.00776. The number of aromatic nitrogens is 1. The van der Waals surface area contributed by atoms with Gasteiger partial charge in [0.1, 0.15) is 5.75 Å². The molecular formula is C17H14BrNO2. The molecule has 0 aliphatic carbocycles. The van der Waals surface area contributed by atoms with Gasteiger partial charge in [-0.05, 0) is 40.5 Å². The zero-order valence-electron chi connectivity index (χ0n) is 11.7. The summed E-state index contributed by atoms with van der Waals surface area (Å²) in [5.41, 5.74) is 3.22. The first kappa shape index (κ1) is 13.9. The van der Waals surface area contributed by atoms with E-state index < -0.39 is 0 Å². The zero-order chi connectivity index (χ0) is 15.0. The topological polar surface area (TPSA) is 42.1 Å². The highest BCUT2D eigenvalue weighted by Gasteiger charge is 2.15. The highest BCUT2D eigenvalue weighted by molar-refractivity contribution is 9.10. The molecule has 1 N–H and O–H groups in total. The molecule has 106 valence electrons. The Kier molecular flexibility index (Phi) is 3.55. The summed E-state index contributed by atoms with van der Waals surface area (Å²) in [7, 11) is 1.60. The summed E-state index contributed by atoms with van der Waals surface area (Å²) in [6, 6.07) is 13.5. The van der Waals surface area contributed by atoms with Crippen molar-refractivity contribution in [2.45, 2.75) is 6.92 Å². The number of methoxy groups -OCH3 is 1. The minimum Gasteiger partial charge on any atom is -0.495 e. The maximum atomic E-state index is 12.7. The van der Waals surface area contributed by atoms with E-state index >= 15 is 0 Å². The van der Waals surface area contributed by atoms with Gasteiger partial charge in [-0.15, -0.1) is 0 Å². The van der Waals surface area contributed by atoms with Gasteiger partial charge in [0.25, 0.3) is 0 Å². The van der Waals surface area contributed by atoms with Crippen LogP contribution in [0.2, 0.25) is 0 Å². The molecule has 3 aromatic rings. The lowest BCUT2D eigenvalue weighted by atomic mass is 10.0. The summed E-state index contributed by atoms with van der Waals surface area (Å²) in [6.07, 6.45) is 0. The number of aromatic amines is 1. The number of H-pyrrole nitrogens is 1. The highest BCUT2D eigenvalue weighted by atomic mass is 79.9. The first-order valence-electron chi connectivity index (χ1n) is 6.58. The largest absolute Gasteiger partial charge is 0.495 e. The molecule has 2 aromatic carbocycles. The fourth-order valence-electron chi connectivity index (χ4n) is 2.49. The monoisotopic (exact) mass is 343 g/mol. The Morgan fingerprint density at radius 1 is 1.10 bits per heavy atom. The zero-order valence-corrected chi connectivity index (χ0v) is 13.3. The molecule has 4 heteroatoms. The Morgan fingerprint density at radius 2 is 1.81 bits per heavy atom. The van der Waals surface area contributed by atoms with Crippen LogP contribution in [0.4, 0.5) is 0 Å². The predicted molar refractivity (Wildman–Crippen MR) is 89.0 cm³/mol. The van der Waals surface area contributed by atoms with Gasteiger partial charge in [-0.25, -0.2) is 0 Å². The molecule has 21 heavy (non-hydrogen) atoms. The smallest absolute Gasteiger partial charge is 0.194 e. The normalized spacial score (nSPS) is 10.8. The van der Waals surface area contributed by atoms with Crippen LogP contribution in [0.5, 0.6) is 5.75 Å².